The Bertz CT molecular complexity index is 786. The molecule has 0 spiro atoms. The standard InChI is InChI=1S/C12H8N4O2S/c13-4-8-5-15-12-9(8)2-1-3-10(12)16-19(17)11-6-14-7-18-11/h1-3,5-7,15-16H. The van der Waals surface area contributed by atoms with Crippen molar-refractivity contribution in [3.63, 3.8) is 0 Å². The molecule has 7 heteroatoms. The van der Waals surface area contributed by atoms with E-state index in [-0.39, 0.29) is 5.09 Å². The first-order valence-corrected chi connectivity index (χ1v) is 6.51. The van der Waals surface area contributed by atoms with Crippen molar-refractivity contribution in [3.8, 4) is 6.07 Å². The topological polar surface area (TPSA) is 94.7 Å². The maximum Gasteiger partial charge on any atom is 0.231 e. The summed E-state index contributed by atoms with van der Waals surface area (Å²) in [6.45, 7) is 0. The number of aromatic amines is 1. The van der Waals surface area contributed by atoms with Crippen LogP contribution in [0.1, 0.15) is 5.56 Å². The van der Waals surface area contributed by atoms with E-state index in [9.17, 15) is 4.21 Å². The first-order chi connectivity index (χ1) is 9.29. The molecule has 0 aliphatic carbocycles. The highest BCUT2D eigenvalue weighted by molar-refractivity contribution is 7.86. The summed E-state index contributed by atoms with van der Waals surface area (Å²) in [5.41, 5.74) is 1.91. The van der Waals surface area contributed by atoms with Crippen LogP contribution in [0.2, 0.25) is 0 Å². The van der Waals surface area contributed by atoms with Gasteiger partial charge in [0.1, 0.15) is 6.07 Å². The molecule has 3 aromatic rings. The van der Waals surface area contributed by atoms with Gasteiger partial charge in [-0.05, 0) is 6.07 Å². The first kappa shape index (κ1) is 11.5. The van der Waals surface area contributed by atoms with Crippen LogP contribution in [0.25, 0.3) is 10.9 Å². The number of hydrogen-bond donors (Lipinski definition) is 2. The lowest BCUT2D eigenvalue weighted by Gasteiger charge is -2.04. The average molecular weight is 272 g/mol. The molecule has 0 bridgehead atoms. The lowest BCUT2D eigenvalue weighted by Crippen LogP contribution is -2.04. The Morgan fingerprint density at radius 3 is 3.11 bits per heavy atom. The van der Waals surface area contributed by atoms with Crippen molar-refractivity contribution in [2.75, 3.05) is 4.72 Å². The van der Waals surface area contributed by atoms with Gasteiger partial charge in [0, 0.05) is 11.6 Å². The van der Waals surface area contributed by atoms with Crippen LogP contribution in [0, 0.1) is 11.3 Å². The number of H-pyrrole nitrogens is 1. The number of anilines is 1. The monoisotopic (exact) mass is 272 g/mol. The van der Waals surface area contributed by atoms with Crippen LogP contribution >= 0.6 is 0 Å². The summed E-state index contributed by atoms with van der Waals surface area (Å²) in [6, 6.07) is 7.48. The number of para-hydroxylation sites is 1. The van der Waals surface area contributed by atoms with E-state index in [2.05, 4.69) is 20.8 Å². The third-order valence-electron chi connectivity index (χ3n) is 2.63. The highest BCUT2D eigenvalue weighted by Crippen LogP contribution is 2.26. The molecule has 19 heavy (non-hydrogen) atoms. The number of hydrogen-bond acceptors (Lipinski definition) is 4. The van der Waals surface area contributed by atoms with E-state index in [0.29, 0.717) is 11.3 Å². The zero-order chi connectivity index (χ0) is 13.2. The van der Waals surface area contributed by atoms with E-state index >= 15 is 0 Å². The molecule has 2 N–H and O–H groups in total. The smallest absolute Gasteiger partial charge is 0.231 e. The van der Waals surface area contributed by atoms with E-state index in [1.165, 1.54) is 12.6 Å². The molecule has 0 aliphatic heterocycles. The maximum atomic E-state index is 12.0. The van der Waals surface area contributed by atoms with Crippen LogP contribution < -0.4 is 4.72 Å². The zero-order valence-electron chi connectivity index (χ0n) is 9.58. The summed E-state index contributed by atoms with van der Waals surface area (Å²) in [5.74, 6) is 0. The molecule has 0 saturated heterocycles. The van der Waals surface area contributed by atoms with Crippen molar-refractivity contribution in [2.45, 2.75) is 5.09 Å². The van der Waals surface area contributed by atoms with Gasteiger partial charge in [0.25, 0.3) is 0 Å². The fraction of sp³-hybridized carbons (Fsp3) is 0. The van der Waals surface area contributed by atoms with Crippen LogP contribution in [-0.4, -0.2) is 14.2 Å². The third kappa shape index (κ3) is 1.98. The van der Waals surface area contributed by atoms with Crippen LogP contribution in [-0.2, 0) is 11.0 Å². The molecule has 2 aromatic heterocycles. The number of fused-ring (bicyclic) bond motifs is 1. The predicted molar refractivity (Wildman–Crippen MR) is 69.5 cm³/mol. The Morgan fingerprint density at radius 2 is 2.37 bits per heavy atom. The number of oxazole rings is 1. The Labute approximate surface area is 110 Å². The van der Waals surface area contributed by atoms with E-state index in [4.69, 9.17) is 9.68 Å². The highest BCUT2D eigenvalue weighted by Gasteiger charge is 2.11. The van der Waals surface area contributed by atoms with Crippen LogP contribution in [0.3, 0.4) is 0 Å². The molecule has 6 nitrogen and oxygen atoms in total. The highest BCUT2D eigenvalue weighted by atomic mass is 32.2. The molecule has 0 aliphatic rings. The van der Waals surface area contributed by atoms with Gasteiger partial charge in [-0.2, -0.15) is 5.26 Å². The molecule has 0 amide bonds. The van der Waals surface area contributed by atoms with Crippen molar-refractivity contribution < 1.29 is 8.63 Å². The summed E-state index contributed by atoms with van der Waals surface area (Å²) < 4.78 is 19.8. The zero-order valence-corrected chi connectivity index (χ0v) is 10.4. The van der Waals surface area contributed by atoms with Gasteiger partial charge < -0.3 is 9.40 Å². The second kappa shape index (κ2) is 4.59. The van der Waals surface area contributed by atoms with Gasteiger partial charge >= 0.3 is 0 Å². The largest absolute Gasteiger partial charge is 0.433 e. The number of nitrogens with zero attached hydrogens (tertiary/aromatic N) is 2. The molecule has 3 rings (SSSR count). The second-order valence-corrected chi connectivity index (χ2v) is 4.88. The summed E-state index contributed by atoms with van der Waals surface area (Å²) in [5, 5.41) is 9.99. The quantitative estimate of drug-likeness (QED) is 0.763. The minimum atomic E-state index is -1.53. The average Bonchev–Trinajstić information content (AvgIpc) is 3.08. The Balaban J connectivity index is 2.00. The van der Waals surface area contributed by atoms with Gasteiger partial charge in [0.2, 0.25) is 5.09 Å². The minimum Gasteiger partial charge on any atom is -0.433 e. The summed E-state index contributed by atoms with van der Waals surface area (Å²) >= 11 is 0. The molecule has 2 heterocycles. The predicted octanol–water partition coefficient (Wildman–Crippen LogP) is 2.16. The molecule has 0 radical (unpaired) electrons. The van der Waals surface area contributed by atoms with Gasteiger partial charge in [-0.25, -0.2) is 9.19 Å². The third-order valence-corrected chi connectivity index (χ3v) is 3.60. The summed E-state index contributed by atoms with van der Waals surface area (Å²) in [7, 11) is -1.53. The molecule has 0 fully saturated rings. The molecule has 1 atom stereocenters. The molecule has 1 aromatic carbocycles. The summed E-state index contributed by atoms with van der Waals surface area (Å²) in [6.07, 6.45) is 4.23. The Hall–Kier alpha value is -2.59. The molecule has 94 valence electrons. The van der Waals surface area contributed by atoms with Crippen molar-refractivity contribution in [2.24, 2.45) is 0 Å². The van der Waals surface area contributed by atoms with Gasteiger partial charge in [0.05, 0.1) is 23.0 Å². The SMILES string of the molecule is N#Cc1c[nH]c2c(NS(=O)c3cnco3)cccc12. The van der Waals surface area contributed by atoms with Gasteiger partial charge in [-0.3, -0.25) is 4.72 Å². The fourth-order valence-corrected chi connectivity index (χ4v) is 2.54. The maximum absolute atomic E-state index is 12.0. The van der Waals surface area contributed by atoms with Gasteiger partial charge in [-0.1, -0.05) is 12.1 Å². The normalized spacial score (nSPS) is 12.2. The van der Waals surface area contributed by atoms with Crippen LogP contribution in [0.4, 0.5) is 5.69 Å². The number of benzene rings is 1. The van der Waals surface area contributed by atoms with E-state index in [1.807, 2.05) is 6.07 Å². The Kier molecular flexibility index (Phi) is 2.78. The van der Waals surface area contributed by atoms with Gasteiger partial charge in [-0.15, -0.1) is 0 Å². The van der Waals surface area contributed by atoms with E-state index < -0.39 is 11.0 Å². The van der Waals surface area contributed by atoms with Crippen molar-refractivity contribution in [1.82, 2.24) is 9.97 Å². The lowest BCUT2D eigenvalue weighted by molar-refractivity contribution is 0.462. The second-order valence-electron chi connectivity index (χ2n) is 3.73. The van der Waals surface area contributed by atoms with Crippen LogP contribution in [0.5, 0.6) is 0 Å². The Morgan fingerprint density at radius 1 is 1.47 bits per heavy atom. The van der Waals surface area contributed by atoms with Crippen molar-refractivity contribution in [3.05, 3.63) is 42.5 Å². The number of nitriles is 1. The number of rotatable bonds is 3. The van der Waals surface area contributed by atoms with E-state index in [1.54, 1.807) is 18.3 Å². The minimum absolute atomic E-state index is 0.240. The van der Waals surface area contributed by atoms with E-state index in [0.717, 1.165) is 10.9 Å². The first-order valence-electron chi connectivity index (χ1n) is 5.36. The molecule has 0 saturated carbocycles. The number of aromatic nitrogens is 2. The molecular formula is C12H8N4O2S. The molecular weight excluding hydrogens is 264 g/mol. The fourth-order valence-electron chi connectivity index (χ4n) is 1.78. The molecule has 1 unspecified atom stereocenters. The van der Waals surface area contributed by atoms with Crippen molar-refractivity contribution in [1.29, 1.82) is 5.26 Å². The lowest BCUT2D eigenvalue weighted by atomic mass is 10.2. The van der Waals surface area contributed by atoms with Crippen LogP contribution in [0.15, 0.2) is 46.5 Å². The summed E-state index contributed by atoms with van der Waals surface area (Å²) in [4.78, 5) is 6.71. The van der Waals surface area contributed by atoms with Gasteiger partial charge in [0.15, 0.2) is 17.4 Å². The number of nitrogens with one attached hydrogen (secondary N) is 2. The van der Waals surface area contributed by atoms with Crippen molar-refractivity contribution >= 4 is 27.6 Å².